The molecule has 94 valence electrons. The number of rotatable bonds is 6. The van der Waals surface area contributed by atoms with Crippen LogP contribution in [0.2, 0.25) is 0 Å². The summed E-state index contributed by atoms with van der Waals surface area (Å²) < 4.78 is 10.8. The fourth-order valence-electron chi connectivity index (χ4n) is 1.90. The molecular weight excluding hydrogens is 224 g/mol. The Morgan fingerprint density at radius 1 is 1.50 bits per heavy atom. The Hall–Kier alpha value is -0.420. The maximum absolute atomic E-state index is 11.4. The maximum Gasteiger partial charge on any atom is 0.220 e. The number of hydrogen-bond donors (Lipinski definition) is 2. The number of amides is 1. The van der Waals surface area contributed by atoms with Gasteiger partial charge in [0, 0.05) is 41.8 Å². The highest BCUT2D eigenvalue weighted by molar-refractivity contribution is 7.84. The molecule has 1 fully saturated rings. The van der Waals surface area contributed by atoms with E-state index in [1.165, 1.54) is 19.3 Å². The zero-order valence-electron chi connectivity index (χ0n) is 9.96. The van der Waals surface area contributed by atoms with Crippen molar-refractivity contribution in [2.24, 2.45) is 0 Å². The molecule has 0 radical (unpaired) electrons. The normalized spacial score (nSPS) is 22.7. The van der Waals surface area contributed by atoms with E-state index < -0.39 is 10.8 Å². The minimum Gasteiger partial charge on any atom is -0.355 e. The summed E-state index contributed by atoms with van der Waals surface area (Å²) in [6.07, 6.45) is 6.86. The summed E-state index contributed by atoms with van der Waals surface area (Å²) in [6, 6.07) is 0.514. The van der Waals surface area contributed by atoms with Crippen molar-refractivity contribution in [1.82, 2.24) is 10.6 Å². The molecule has 0 spiro atoms. The van der Waals surface area contributed by atoms with Crippen molar-refractivity contribution in [3.8, 4) is 0 Å². The molecule has 5 heteroatoms. The zero-order valence-corrected chi connectivity index (χ0v) is 10.8. The zero-order chi connectivity index (χ0) is 11.8. The van der Waals surface area contributed by atoms with Crippen molar-refractivity contribution in [1.29, 1.82) is 0 Å². The van der Waals surface area contributed by atoms with Crippen LogP contribution in [0, 0.1) is 0 Å². The molecule has 4 nitrogen and oxygen atoms in total. The predicted octanol–water partition coefficient (Wildman–Crippen LogP) is 0.403. The molecule has 1 rings (SSSR count). The summed E-state index contributed by atoms with van der Waals surface area (Å²) in [7, 11) is -0.817. The Morgan fingerprint density at radius 3 is 2.94 bits per heavy atom. The maximum atomic E-state index is 11.4. The fourth-order valence-corrected chi connectivity index (χ4v) is 2.29. The lowest BCUT2D eigenvalue weighted by atomic mass is 10.0. The van der Waals surface area contributed by atoms with E-state index in [1.54, 1.807) is 6.26 Å². The second kappa shape index (κ2) is 7.79. The molecule has 1 aliphatic heterocycles. The van der Waals surface area contributed by atoms with Crippen LogP contribution in [0.25, 0.3) is 0 Å². The third kappa shape index (κ3) is 6.23. The minimum atomic E-state index is -0.817. The SMILES string of the molecule is CS(=O)CCNC(=O)CCC1CCCCN1. The average molecular weight is 246 g/mol. The summed E-state index contributed by atoms with van der Waals surface area (Å²) in [5, 5.41) is 6.21. The van der Waals surface area contributed by atoms with E-state index in [-0.39, 0.29) is 5.91 Å². The topological polar surface area (TPSA) is 58.2 Å². The molecule has 1 saturated heterocycles. The van der Waals surface area contributed by atoms with Crippen LogP contribution in [0.5, 0.6) is 0 Å². The lowest BCUT2D eigenvalue weighted by Gasteiger charge is -2.22. The third-order valence-electron chi connectivity index (χ3n) is 2.84. The fraction of sp³-hybridized carbons (Fsp3) is 0.909. The Kier molecular flexibility index (Phi) is 6.64. The molecule has 1 aliphatic rings. The van der Waals surface area contributed by atoms with Crippen LogP contribution in [0.3, 0.4) is 0 Å². The van der Waals surface area contributed by atoms with E-state index >= 15 is 0 Å². The Bertz CT molecular complexity index is 240. The van der Waals surface area contributed by atoms with Crippen LogP contribution in [-0.4, -0.2) is 41.3 Å². The van der Waals surface area contributed by atoms with Crippen LogP contribution in [-0.2, 0) is 15.6 Å². The van der Waals surface area contributed by atoms with Gasteiger partial charge in [-0.2, -0.15) is 0 Å². The van der Waals surface area contributed by atoms with E-state index in [4.69, 9.17) is 0 Å². The molecule has 0 aliphatic carbocycles. The minimum absolute atomic E-state index is 0.0813. The van der Waals surface area contributed by atoms with Gasteiger partial charge >= 0.3 is 0 Å². The second-order valence-corrected chi connectivity index (χ2v) is 5.87. The van der Waals surface area contributed by atoms with E-state index in [2.05, 4.69) is 10.6 Å². The smallest absolute Gasteiger partial charge is 0.220 e. The van der Waals surface area contributed by atoms with E-state index in [0.717, 1.165) is 13.0 Å². The highest BCUT2D eigenvalue weighted by Gasteiger charge is 2.13. The van der Waals surface area contributed by atoms with Gasteiger partial charge in [0.2, 0.25) is 5.91 Å². The van der Waals surface area contributed by atoms with E-state index in [0.29, 0.717) is 24.8 Å². The monoisotopic (exact) mass is 246 g/mol. The largest absolute Gasteiger partial charge is 0.355 e. The highest BCUT2D eigenvalue weighted by atomic mass is 32.2. The first-order valence-corrected chi connectivity index (χ1v) is 7.71. The second-order valence-electron chi connectivity index (χ2n) is 4.31. The molecule has 16 heavy (non-hydrogen) atoms. The lowest BCUT2D eigenvalue weighted by molar-refractivity contribution is -0.121. The first kappa shape index (κ1) is 13.6. The quantitative estimate of drug-likeness (QED) is 0.713. The van der Waals surface area contributed by atoms with Crippen LogP contribution in [0.4, 0.5) is 0 Å². The van der Waals surface area contributed by atoms with Gasteiger partial charge in [0.15, 0.2) is 0 Å². The van der Waals surface area contributed by atoms with Gasteiger partial charge in [-0.25, -0.2) is 0 Å². The van der Waals surface area contributed by atoms with Gasteiger partial charge < -0.3 is 10.6 Å². The summed E-state index contributed by atoms with van der Waals surface area (Å²) >= 11 is 0. The molecule has 0 bridgehead atoms. The van der Waals surface area contributed by atoms with Gasteiger partial charge in [-0.3, -0.25) is 9.00 Å². The molecule has 2 unspecified atom stereocenters. The van der Waals surface area contributed by atoms with Crippen LogP contribution in [0.1, 0.15) is 32.1 Å². The number of carbonyl (C=O) groups is 1. The van der Waals surface area contributed by atoms with Crippen molar-refractivity contribution in [3.05, 3.63) is 0 Å². The molecule has 2 N–H and O–H groups in total. The molecule has 0 aromatic carbocycles. The lowest BCUT2D eigenvalue weighted by Crippen LogP contribution is -2.35. The average Bonchev–Trinajstić information content (AvgIpc) is 2.27. The summed E-state index contributed by atoms with van der Waals surface area (Å²) in [5.41, 5.74) is 0. The number of carbonyl (C=O) groups excluding carboxylic acids is 1. The molecule has 1 amide bonds. The van der Waals surface area contributed by atoms with Gasteiger partial charge in [0.25, 0.3) is 0 Å². The van der Waals surface area contributed by atoms with Gasteiger partial charge in [-0.1, -0.05) is 6.42 Å². The number of hydrogen-bond acceptors (Lipinski definition) is 3. The molecule has 0 saturated carbocycles. The van der Waals surface area contributed by atoms with Gasteiger partial charge in [-0.15, -0.1) is 0 Å². The number of piperidine rings is 1. The Labute approximate surface area is 100 Å². The molecular formula is C11H22N2O2S. The first-order valence-electron chi connectivity index (χ1n) is 5.98. The molecule has 0 aromatic rings. The van der Waals surface area contributed by atoms with Crippen LogP contribution in [0.15, 0.2) is 0 Å². The third-order valence-corrected chi connectivity index (χ3v) is 3.62. The Balaban J connectivity index is 2.02. The number of nitrogens with one attached hydrogen (secondary N) is 2. The Morgan fingerprint density at radius 2 is 2.31 bits per heavy atom. The van der Waals surface area contributed by atoms with Crippen molar-refractivity contribution >= 4 is 16.7 Å². The van der Waals surface area contributed by atoms with E-state index in [1.807, 2.05) is 0 Å². The summed E-state index contributed by atoms with van der Waals surface area (Å²) in [5.74, 6) is 0.630. The van der Waals surface area contributed by atoms with Crippen molar-refractivity contribution in [2.45, 2.75) is 38.1 Å². The van der Waals surface area contributed by atoms with Gasteiger partial charge in [0.05, 0.1) is 0 Å². The first-order chi connectivity index (χ1) is 7.68. The van der Waals surface area contributed by atoms with Crippen molar-refractivity contribution in [2.75, 3.05) is 25.1 Å². The van der Waals surface area contributed by atoms with Crippen molar-refractivity contribution < 1.29 is 9.00 Å². The van der Waals surface area contributed by atoms with Crippen LogP contribution >= 0.6 is 0 Å². The van der Waals surface area contributed by atoms with Crippen LogP contribution < -0.4 is 10.6 Å². The predicted molar refractivity (Wildman–Crippen MR) is 66.8 cm³/mol. The van der Waals surface area contributed by atoms with Gasteiger partial charge in [0.1, 0.15) is 0 Å². The summed E-state index contributed by atoms with van der Waals surface area (Å²) in [4.78, 5) is 11.4. The molecule has 0 aromatic heterocycles. The van der Waals surface area contributed by atoms with Gasteiger partial charge in [-0.05, 0) is 25.8 Å². The molecule has 1 heterocycles. The van der Waals surface area contributed by atoms with Crippen molar-refractivity contribution in [3.63, 3.8) is 0 Å². The highest BCUT2D eigenvalue weighted by Crippen LogP contribution is 2.11. The van der Waals surface area contributed by atoms with E-state index in [9.17, 15) is 9.00 Å². The standard InChI is InChI=1S/C11H22N2O2S/c1-16(15)9-8-13-11(14)6-5-10-4-2-3-7-12-10/h10,12H,2-9H2,1H3,(H,13,14). The summed E-state index contributed by atoms with van der Waals surface area (Å²) in [6.45, 7) is 1.61. The molecule has 2 atom stereocenters.